The summed E-state index contributed by atoms with van der Waals surface area (Å²) in [4.78, 5) is 0. The summed E-state index contributed by atoms with van der Waals surface area (Å²) in [6.07, 6.45) is 2.15. The van der Waals surface area contributed by atoms with Gasteiger partial charge in [0.25, 0.3) is 0 Å². The zero-order valence-corrected chi connectivity index (χ0v) is 11.1. The van der Waals surface area contributed by atoms with Crippen LogP contribution < -0.4 is 11.1 Å². The topological polar surface area (TPSA) is 38.0 Å². The van der Waals surface area contributed by atoms with Gasteiger partial charge in [0.05, 0.1) is 14.9 Å². The highest BCUT2D eigenvalue weighted by atomic mass is 127. The Morgan fingerprint density at radius 2 is 2.20 bits per heavy atom. The van der Waals surface area contributed by atoms with Gasteiger partial charge in [0.2, 0.25) is 0 Å². The van der Waals surface area contributed by atoms with Crippen LogP contribution in [0.2, 0.25) is 0 Å². The molecule has 4 heteroatoms. The fourth-order valence-electron chi connectivity index (χ4n) is 1.46. The minimum absolute atomic E-state index is 0.226. The Bertz CT molecular complexity index is 342. The van der Waals surface area contributed by atoms with Crippen LogP contribution in [0.15, 0.2) is 12.1 Å². The van der Waals surface area contributed by atoms with Crippen molar-refractivity contribution in [3.8, 4) is 0 Å². The number of nitrogens with two attached hydrogens (primary N) is 1. The summed E-state index contributed by atoms with van der Waals surface area (Å²) in [5.41, 5.74) is 7.09. The van der Waals surface area contributed by atoms with Crippen molar-refractivity contribution in [1.82, 2.24) is 0 Å². The summed E-state index contributed by atoms with van der Waals surface area (Å²) in [5.74, 6) is -0.226. The standard InChI is InChI=1S/C11H16FIN2/c1-3-4-7(2)15-11-5-8(12)9(13)6-10(11)14/h5-7,15H,3-4,14H2,1-2H3. The first kappa shape index (κ1) is 12.5. The Hall–Kier alpha value is -0.520. The van der Waals surface area contributed by atoms with Gasteiger partial charge < -0.3 is 11.1 Å². The molecule has 0 saturated heterocycles. The van der Waals surface area contributed by atoms with Gasteiger partial charge in [0.15, 0.2) is 0 Å². The highest BCUT2D eigenvalue weighted by Gasteiger charge is 2.08. The maximum Gasteiger partial charge on any atom is 0.138 e. The molecule has 1 aromatic rings. The van der Waals surface area contributed by atoms with Crippen LogP contribution in [0.1, 0.15) is 26.7 Å². The molecule has 2 nitrogen and oxygen atoms in total. The largest absolute Gasteiger partial charge is 0.397 e. The van der Waals surface area contributed by atoms with Gasteiger partial charge in [0, 0.05) is 12.1 Å². The van der Waals surface area contributed by atoms with Crippen LogP contribution in [-0.4, -0.2) is 6.04 Å². The van der Waals surface area contributed by atoms with Crippen LogP contribution in [-0.2, 0) is 0 Å². The molecule has 0 amide bonds. The van der Waals surface area contributed by atoms with E-state index in [1.54, 1.807) is 6.07 Å². The Labute approximate surface area is 104 Å². The van der Waals surface area contributed by atoms with Crippen LogP contribution in [0, 0.1) is 9.39 Å². The number of benzene rings is 1. The summed E-state index contributed by atoms with van der Waals surface area (Å²) >= 11 is 1.93. The van der Waals surface area contributed by atoms with Gasteiger partial charge in [-0.1, -0.05) is 13.3 Å². The zero-order chi connectivity index (χ0) is 11.4. The SMILES string of the molecule is CCCC(C)Nc1cc(F)c(I)cc1N. The van der Waals surface area contributed by atoms with E-state index in [4.69, 9.17) is 5.73 Å². The highest BCUT2D eigenvalue weighted by molar-refractivity contribution is 14.1. The van der Waals surface area contributed by atoms with Crippen molar-refractivity contribution in [3.63, 3.8) is 0 Å². The third-order valence-corrected chi connectivity index (χ3v) is 3.04. The monoisotopic (exact) mass is 322 g/mol. The first-order valence-corrected chi connectivity index (χ1v) is 6.13. The zero-order valence-electron chi connectivity index (χ0n) is 8.98. The summed E-state index contributed by atoms with van der Waals surface area (Å²) in [7, 11) is 0. The highest BCUT2D eigenvalue weighted by Crippen LogP contribution is 2.25. The summed E-state index contributed by atoms with van der Waals surface area (Å²) < 4.78 is 13.8. The van der Waals surface area contributed by atoms with Crippen molar-refractivity contribution >= 4 is 34.0 Å². The smallest absolute Gasteiger partial charge is 0.138 e. The fraction of sp³-hybridized carbons (Fsp3) is 0.455. The molecule has 0 fully saturated rings. The van der Waals surface area contributed by atoms with Crippen molar-refractivity contribution in [2.45, 2.75) is 32.7 Å². The average molecular weight is 322 g/mol. The number of halogens is 2. The maximum atomic E-state index is 13.3. The van der Waals surface area contributed by atoms with Crippen LogP contribution in [0.4, 0.5) is 15.8 Å². The lowest BCUT2D eigenvalue weighted by Crippen LogP contribution is -2.16. The molecule has 0 aliphatic rings. The first-order chi connectivity index (χ1) is 7.04. The van der Waals surface area contributed by atoms with E-state index in [0.29, 0.717) is 21.0 Å². The van der Waals surface area contributed by atoms with E-state index in [9.17, 15) is 4.39 Å². The van der Waals surface area contributed by atoms with E-state index < -0.39 is 0 Å². The van der Waals surface area contributed by atoms with Crippen molar-refractivity contribution in [1.29, 1.82) is 0 Å². The molecule has 0 bridgehead atoms. The molecule has 0 heterocycles. The number of rotatable bonds is 4. The van der Waals surface area contributed by atoms with Crippen LogP contribution in [0.5, 0.6) is 0 Å². The summed E-state index contributed by atoms with van der Waals surface area (Å²) in [6, 6.07) is 3.43. The normalized spacial score (nSPS) is 12.5. The van der Waals surface area contributed by atoms with Crippen LogP contribution in [0.3, 0.4) is 0 Å². The molecule has 0 aromatic heterocycles. The number of hydrogen-bond acceptors (Lipinski definition) is 2. The van der Waals surface area contributed by atoms with Gasteiger partial charge in [-0.15, -0.1) is 0 Å². The molecule has 1 rings (SSSR count). The predicted molar refractivity (Wildman–Crippen MR) is 71.5 cm³/mol. The van der Waals surface area contributed by atoms with Gasteiger partial charge in [-0.3, -0.25) is 0 Å². The van der Waals surface area contributed by atoms with E-state index in [1.807, 2.05) is 22.6 Å². The maximum absolute atomic E-state index is 13.3. The van der Waals surface area contributed by atoms with Gasteiger partial charge in [0.1, 0.15) is 5.82 Å². The molecule has 1 atom stereocenters. The van der Waals surface area contributed by atoms with Crippen LogP contribution >= 0.6 is 22.6 Å². The molecule has 0 spiro atoms. The molecule has 1 unspecified atom stereocenters. The van der Waals surface area contributed by atoms with Crippen molar-refractivity contribution in [3.05, 3.63) is 21.5 Å². The van der Waals surface area contributed by atoms with Crippen molar-refractivity contribution < 1.29 is 4.39 Å². The Kier molecular flexibility index (Phi) is 4.63. The van der Waals surface area contributed by atoms with Gasteiger partial charge in [-0.05, 0) is 42.0 Å². The molecule has 1 aromatic carbocycles. The molecular formula is C11H16FIN2. The molecule has 84 valence electrons. The second-order valence-electron chi connectivity index (χ2n) is 3.69. The number of hydrogen-bond donors (Lipinski definition) is 2. The van der Waals surface area contributed by atoms with E-state index in [1.165, 1.54) is 6.07 Å². The average Bonchev–Trinajstić information content (AvgIpc) is 2.14. The number of anilines is 2. The van der Waals surface area contributed by atoms with Crippen molar-refractivity contribution in [2.24, 2.45) is 0 Å². The van der Waals surface area contributed by atoms with E-state index in [-0.39, 0.29) is 5.82 Å². The molecule has 0 aliphatic carbocycles. The van der Waals surface area contributed by atoms with Crippen LogP contribution in [0.25, 0.3) is 0 Å². The van der Waals surface area contributed by atoms with Gasteiger partial charge in [-0.25, -0.2) is 4.39 Å². The molecule has 0 radical (unpaired) electrons. The summed E-state index contributed by atoms with van der Waals surface area (Å²) in [5, 5.41) is 3.21. The lowest BCUT2D eigenvalue weighted by atomic mass is 10.1. The minimum atomic E-state index is -0.226. The molecule has 0 aliphatic heterocycles. The molecule has 3 N–H and O–H groups in total. The third kappa shape index (κ3) is 3.52. The Balaban J connectivity index is 2.81. The Morgan fingerprint density at radius 3 is 2.80 bits per heavy atom. The molecule has 0 saturated carbocycles. The lowest BCUT2D eigenvalue weighted by molar-refractivity contribution is 0.620. The number of nitrogens with one attached hydrogen (secondary N) is 1. The molecule has 15 heavy (non-hydrogen) atoms. The quantitative estimate of drug-likeness (QED) is 0.656. The third-order valence-electron chi connectivity index (χ3n) is 2.22. The van der Waals surface area contributed by atoms with Crippen molar-refractivity contribution in [2.75, 3.05) is 11.1 Å². The minimum Gasteiger partial charge on any atom is -0.397 e. The molecular weight excluding hydrogens is 306 g/mol. The predicted octanol–water partition coefficient (Wildman–Crippen LogP) is 3.61. The second kappa shape index (κ2) is 5.53. The first-order valence-electron chi connectivity index (χ1n) is 5.05. The van der Waals surface area contributed by atoms with E-state index in [0.717, 1.165) is 12.8 Å². The van der Waals surface area contributed by atoms with Gasteiger partial charge in [-0.2, -0.15) is 0 Å². The van der Waals surface area contributed by atoms with E-state index >= 15 is 0 Å². The fourth-order valence-corrected chi connectivity index (χ4v) is 1.95. The summed E-state index contributed by atoms with van der Waals surface area (Å²) in [6.45, 7) is 4.19. The second-order valence-corrected chi connectivity index (χ2v) is 4.85. The Morgan fingerprint density at radius 1 is 1.53 bits per heavy atom. The van der Waals surface area contributed by atoms with Gasteiger partial charge >= 0.3 is 0 Å². The lowest BCUT2D eigenvalue weighted by Gasteiger charge is -2.16. The van der Waals surface area contributed by atoms with E-state index in [2.05, 4.69) is 19.2 Å². The number of nitrogen functional groups attached to an aromatic ring is 1.